The van der Waals surface area contributed by atoms with Crippen LogP contribution in [0.25, 0.3) is 10.9 Å². The van der Waals surface area contributed by atoms with Gasteiger partial charge < -0.3 is 20.1 Å². The topological polar surface area (TPSA) is 107 Å². The number of aromatic nitrogens is 1. The molecule has 8 nitrogen and oxygen atoms in total. The lowest BCUT2D eigenvalue weighted by Crippen LogP contribution is -2.49. The summed E-state index contributed by atoms with van der Waals surface area (Å²) in [7, 11) is 1.58. The van der Waals surface area contributed by atoms with Crippen molar-refractivity contribution in [2.45, 2.75) is 38.7 Å². The van der Waals surface area contributed by atoms with E-state index in [-0.39, 0.29) is 0 Å². The Labute approximate surface area is 220 Å². The summed E-state index contributed by atoms with van der Waals surface area (Å²) in [5.74, 6) is -1.06. The summed E-state index contributed by atoms with van der Waals surface area (Å²) in [6.45, 7) is 4.22. The fourth-order valence-corrected chi connectivity index (χ4v) is 5.35. The number of nitrogens with zero attached hydrogens (tertiary/aromatic N) is 2. The smallest absolute Gasteiger partial charge is 0.249 e. The maximum absolute atomic E-state index is 13.4. The predicted octanol–water partition coefficient (Wildman–Crippen LogP) is 4.34. The van der Waals surface area contributed by atoms with Crippen molar-refractivity contribution in [1.29, 1.82) is 0 Å². The monoisotopic (exact) mass is 528 g/mol. The molecule has 0 bridgehead atoms. The van der Waals surface area contributed by atoms with Crippen molar-refractivity contribution in [2.75, 3.05) is 38.6 Å². The molecule has 1 aliphatic rings. The number of anilines is 1. The summed E-state index contributed by atoms with van der Waals surface area (Å²) < 4.78 is 32.2. The molecular weight excluding hydrogens is 494 g/mol. The van der Waals surface area contributed by atoms with Crippen LogP contribution in [0.5, 0.6) is 5.75 Å². The highest BCUT2D eigenvalue weighted by molar-refractivity contribution is 5.85. The molecule has 2 aromatic carbocycles. The molecule has 1 atom stereocenters. The van der Waals surface area contributed by atoms with Gasteiger partial charge in [-0.3, -0.25) is 15.0 Å². The van der Waals surface area contributed by atoms with E-state index in [1.54, 1.807) is 13.3 Å². The standard InChI is InChI=1S/C28H34F2N4O4/c1-18-17-32-24-4-3-22(38-2)16-23(24)26(18)25(35)5-6-28(27(36)33-37)7-10-34(11-8-28)12-9-31-21-14-19(29)13-20(30)15-21/h3-4,13-17,25,31,35,37H,5-12H2,1-2H3,(H,33,36)/t25-/m1/s1. The zero-order valence-corrected chi connectivity index (χ0v) is 21.6. The number of fused-ring (bicyclic) bond motifs is 1. The molecule has 38 heavy (non-hydrogen) atoms. The summed E-state index contributed by atoms with van der Waals surface area (Å²) in [6, 6.07) is 8.83. The molecule has 4 N–H and O–H groups in total. The maximum Gasteiger partial charge on any atom is 0.249 e. The van der Waals surface area contributed by atoms with Gasteiger partial charge in [-0.25, -0.2) is 14.3 Å². The van der Waals surface area contributed by atoms with Crippen LogP contribution in [0, 0.1) is 24.0 Å². The number of pyridine rings is 1. The summed E-state index contributed by atoms with van der Waals surface area (Å²) in [4.78, 5) is 19.4. The van der Waals surface area contributed by atoms with Crippen molar-refractivity contribution in [3.63, 3.8) is 0 Å². The number of carbonyl (C=O) groups excluding carboxylic acids is 1. The van der Waals surface area contributed by atoms with Crippen molar-refractivity contribution in [1.82, 2.24) is 15.4 Å². The number of rotatable bonds is 10. The number of amides is 1. The molecule has 10 heteroatoms. The number of hydrogen-bond donors (Lipinski definition) is 4. The quantitative estimate of drug-likeness (QED) is 0.229. The molecule has 1 fully saturated rings. The van der Waals surface area contributed by atoms with E-state index in [4.69, 9.17) is 4.74 Å². The fourth-order valence-electron chi connectivity index (χ4n) is 5.35. The zero-order chi connectivity index (χ0) is 27.3. The second kappa shape index (κ2) is 12.0. The lowest BCUT2D eigenvalue weighted by molar-refractivity contribution is -0.143. The van der Waals surface area contributed by atoms with Gasteiger partial charge in [-0.2, -0.15) is 0 Å². The highest BCUT2D eigenvalue weighted by atomic mass is 19.1. The highest BCUT2D eigenvalue weighted by Gasteiger charge is 2.41. The van der Waals surface area contributed by atoms with Gasteiger partial charge >= 0.3 is 0 Å². The van der Waals surface area contributed by atoms with Crippen LogP contribution < -0.4 is 15.5 Å². The number of methoxy groups -OCH3 is 1. The first-order valence-electron chi connectivity index (χ1n) is 12.7. The van der Waals surface area contributed by atoms with Gasteiger partial charge in [-0.1, -0.05) is 0 Å². The third-order valence-corrected chi connectivity index (χ3v) is 7.56. The molecule has 3 aromatic rings. The first kappa shape index (κ1) is 27.7. The molecule has 4 rings (SSSR count). The Morgan fingerprint density at radius 3 is 2.55 bits per heavy atom. The van der Waals surface area contributed by atoms with Gasteiger partial charge in [0, 0.05) is 36.4 Å². The fraction of sp³-hybridized carbons (Fsp3) is 0.429. The summed E-state index contributed by atoms with van der Waals surface area (Å²) in [5.41, 5.74) is 3.74. The van der Waals surface area contributed by atoms with Crippen molar-refractivity contribution in [2.24, 2.45) is 5.41 Å². The second-order valence-corrected chi connectivity index (χ2v) is 9.94. The normalized spacial score (nSPS) is 16.3. The Bertz CT molecular complexity index is 1260. The largest absolute Gasteiger partial charge is 0.497 e. The number of nitrogens with one attached hydrogen (secondary N) is 2. The van der Waals surface area contributed by atoms with Crippen molar-refractivity contribution >= 4 is 22.5 Å². The number of hydrogen-bond acceptors (Lipinski definition) is 7. The van der Waals surface area contributed by atoms with E-state index in [2.05, 4.69) is 15.2 Å². The molecule has 0 radical (unpaired) electrons. The van der Waals surface area contributed by atoms with Crippen LogP contribution in [0.15, 0.2) is 42.6 Å². The Kier molecular flexibility index (Phi) is 8.76. The lowest BCUT2D eigenvalue weighted by Gasteiger charge is -2.40. The number of ether oxygens (including phenoxy) is 1. The van der Waals surface area contributed by atoms with E-state index < -0.39 is 29.1 Å². The van der Waals surface area contributed by atoms with Crippen LogP contribution in [0.2, 0.25) is 0 Å². The van der Waals surface area contributed by atoms with Gasteiger partial charge in [0.15, 0.2) is 0 Å². The van der Waals surface area contributed by atoms with Crippen LogP contribution in [-0.2, 0) is 4.79 Å². The third kappa shape index (κ3) is 6.20. The molecule has 1 aliphatic heterocycles. The molecule has 0 spiro atoms. The minimum absolute atomic E-state index is 0.331. The second-order valence-electron chi connectivity index (χ2n) is 9.94. The number of aliphatic hydroxyl groups excluding tert-OH is 1. The van der Waals surface area contributed by atoms with Gasteiger partial charge in [0.2, 0.25) is 5.91 Å². The number of halogens is 2. The SMILES string of the molecule is COc1ccc2ncc(C)c([C@H](O)CCC3(C(=O)NO)CCN(CCNc4cc(F)cc(F)c4)CC3)c2c1. The van der Waals surface area contributed by atoms with Gasteiger partial charge in [-0.05, 0) is 87.2 Å². The van der Waals surface area contributed by atoms with E-state index in [0.29, 0.717) is 63.3 Å². The van der Waals surface area contributed by atoms with Gasteiger partial charge in [0.1, 0.15) is 17.4 Å². The number of carbonyl (C=O) groups is 1. The first-order chi connectivity index (χ1) is 18.2. The number of aryl methyl sites for hydroxylation is 1. The molecule has 0 saturated carbocycles. The Balaban J connectivity index is 1.39. The molecule has 204 valence electrons. The molecule has 0 unspecified atom stereocenters. The molecule has 1 amide bonds. The van der Waals surface area contributed by atoms with Gasteiger partial charge in [-0.15, -0.1) is 0 Å². The highest BCUT2D eigenvalue weighted by Crippen LogP contribution is 2.40. The van der Waals surface area contributed by atoms with Crippen molar-refractivity contribution < 1.29 is 28.6 Å². The molecule has 2 heterocycles. The predicted molar refractivity (Wildman–Crippen MR) is 140 cm³/mol. The third-order valence-electron chi connectivity index (χ3n) is 7.56. The summed E-state index contributed by atoms with van der Waals surface area (Å²) >= 11 is 0. The van der Waals surface area contributed by atoms with Crippen LogP contribution >= 0.6 is 0 Å². The number of aliphatic hydroxyl groups is 1. The lowest BCUT2D eigenvalue weighted by atomic mass is 9.73. The van der Waals surface area contributed by atoms with Crippen LogP contribution in [-0.4, -0.2) is 59.4 Å². The van der Waals surface area contributed by atoms with Crippen LogP contribution in [0.1, 0.15) is 42.9 Å². The van der Waals surface area contributed by atoms with E-state index in [1.165, 1.54) is 12.1 Å². The first-order valence-corrected chi connectivity index (χ1v) is 12.7. The average Bonchev–Trinajstić information content (AvgIpc) is 2.91. The minimum atomic E-state index is -0.829. The molecule has 0 aliphatic carbocycles. The van der Waals surface area contributed by atoms with E-state index >= 15 is 0 Å². The van der Waals surface area contributed by atoms with E-state index in [0.717, 1.165) is 28.1 Å². The van der Waals surface area contributed by atoms with Gasteiger partial charge in [0.05, 0.1) is 24.1 Å². The average molecular weight is 529 g/mol. The zero-order valence-electron chi connectivity index (χ0n) is 21.6. The molecular formula is C28H34F2N4O4. The van der Waals surface area contributed by atoms with Crippen molar-refractivity contribution in [3.8, 4) is 5.75 Å². The summed E-state index contributed by atoms with van der Waals surface area (Å²) in [5, 5.41) is 24.6. The number of piperidine rings is 1. The van der Waals surface area contributed by atoms with E-state index in [9.17, 15) is 23.9 Å². The van der Waals surface area contributed by atoms with Crippen molar-refractivity contribution in [3.05, 3.63) is 65.4 Å². The molecule has 1 saturated heterocycles. The van der Waals surface area contributed by atoms with Crippen LogP contribution in [0.4, 0.5) is 14.5 Å². The Morgan fingerprint density at radius 2 is 1.89 bits per heavy atom. The van der Waals surface area contributed by atoms with Gasteiger partial charge in [0.25, 0.3) is 0 Å². The Morgan fingerprint density at radius 1 is 1.18 bits per heavy atom. The van der Waals surface area contributed by atoms with Crippen LogP contribution in [0.3, 0.4) is 0 Å². The number of likely N-dealkylation sites (tertiary alicyclic amines) is 1. The maximum atomic E-state index is 13.4. The summed E-state index contributed by atoms with van der Waals surface area (Å²) in [6.07, 6.45) is 2.63. The Hall–Kier alpha value is -3.34. The number of benzene rings is 2. The van der Waals surface area contributed by atoms with E-state index in [1.807, 2.05) is 30.6 Å². The minimum Gasteiger partial charge on any atom is -0.497 e. The molecule has 1 aromatic heterocycles. The number of hydroxylamine groups is 1.